The minimum absolute atomic E-state index is 0.102. The number of likely N-dealkylation sites (tertiary alicyclic amines) is 1. The summed E-state index contributed by atoms with van der Waals surface area (Å²) in [6, 6.07) is 3.54. The molecule has 0 spiro atoms. The van der Waals surface area contributed by atoms with E-state index in [0.29, 0.717) is 19.4 Å². The van der Waals surface area contributed by atoms with Crippen LogP contribution in [0.5, 0.6) is 0 Å². The predicted molar refractivity (Wildman–Crippen MR) is 104 cm³/mol. The number of benzene rings is 1. The number of carbonyl (C=O) groups excluding carboxylic acids is 2. The SMILES string of the molecule is CCOC(=O)C1CCCN(C(=O)CS(=O)(=O)c2ccc3c(c2)S(=O)(=O)N=CN3)C1. The molecular weight excluding hydrogens is 422 g/mol. The van der Waals surface area contributed by atoms with Gasteiger partial charge in [0.15, 0.2) is 9.84 Å². The number of carbonyl (C=O) groups is 2. The average molecular weight is 444 g/mol. The summed E-state index contributed by atoms with van der Waals surface area (Å²) in [5.74, 6) is -2.34. The smallest absolute Gasteiger partial charge is 0.310 e. The van der Waals surface area contributed by atoms with Gasteiger partial charge in [-0.15, -0.1) is 4.40 Å². The molecule has 1 aromatic rings. The summed E-state index contributed by atoms with van der Waals surface area (Å²) in [5, 5.41) is 2.63. The van der Waals surface area contributed by atoms with Gasteiger partial charge in [-0.3, -0.25) is 9.59 Å². The minimum Gasteiger partial charge on any atom is -0.466 e. The van der Waals surface area contributed by atoms with Crippen LogP contribution in [0.3, 0.4) is 0 Å². The molecule has 3 rings (SSSR count). The van der Waals surface area contributed by atoms with Gasteiger partial charge in [0.2, 0.25) is 5.91 Å². The third kappa shape index (κ3) is 4.58. The van der Waals surface area contributed by atoms with E-state index in [9.17, 15) is 26.4 Å². The topological polar surface area (TPSA) is 139 Å². The van der Waals surface area contributed by atoms with Crippen molar-refractivity contribution in [2.75, 3.05) is 30.8 Å². The Balaban J connectivity index is 1.76. The van der Waals surface area contributed by atoms with Crippen molar-refractivity contribution in [3.8, 4) is 0 Å². The number of piperidine rings is 1. The standard InChI is InChI=1S/C17H21N3O7S2/c1-2-27-17(22)12-4-3-7-20(9-12)16(21)10-28(23,24)13-5-6-14-15(8-13)29(25,26)19-11-18-14/h5-6,8,11-12H,2-4,7,9-10H2,1H3,(H,18,19). The second kappa shape index (κ2) is 8.11. The van der Waals surface area contributed by atoms with Crippen LogP contribution in [0.4, 0.5) is 5.69 Å². The number of sulfonamides is 1. The number of sulfone groups is 1. The average Bonchev–Trinajstić information content (AvgIpc) is 2.67. The van der Waals surface area contributed by atoms with Gasteiger partial charge in [-0.2, -0.15) is 8.42 Å². The second-order valence-corrected chi connectivity index (χ2v) is 10.3. The third-order valence-corrected chi connectivity index (χ3v) is 7.58. The Morgan fingerprint density at radius 2 is 2.10 bits per heavy atom. The van der Waals surface area contributed by atoms with E-state index in [2.05, 4.69) is 9.71 Å². The molecule has 0 radical (unpaired) electrons. The largest absolute Gasteiger partial charge is 0.466 e. The fourth-order valence-electron chi connectivity index (χ4n) is 3.24. The van der Waals surface area contributed by atoms with Crippen LogP contribution in [0, 0.1) is 5.92 Å². The molecule has 1 amide bonds. The molecule has 1 unspecified atom stereocenters. The molecule has 0 bridgehead atoms. The quantitative estimate of drug-likeness (QED) is 0.645. The zero-order valence-electron chi connectivity index (χ0n) is 15.7. The third-order valence-electron chi connectivity index (χ3n) is 4.71. The minimum atomic E-state index is -4.09. The van der Waals surface area contributed by atoms with Gasteiger partial charge < -0.3 is 15.0 Å². The van der Waals surface area contributed by atoms with Crippen LogP contribution in [0.1, 0.15) is 19.8 Å². The highest BCUT2D eigenvalue weighted by molar-refractivity contribution is 7.92. The summed E-state index contributed by atoms with van der Waals surface area (Å²) in [6.45, 7) is 2.37. The Morgan fingerprint density at radius 3 is 2.83 bits per heavy atom. The van der Waals surface area contributed by atoms with Crippen molar-refractivity contribution < 1.29 is 31.2 Å². The van der Waals surface area contributed by atoms with Crippen LogP contribution in [0.25, 0.3) is 0 Å². The van der Waals surface area contributed by atoms with Crippen LogP contribution >= 0.6 is 0 Å². The molecule has 0 aromatic heterocycles. The van der Waals surface area contributed by atoms with Crippen molar-refractivity contribution in [2.24, 2.45) is 10.3 Å². The zero-order valence-corrected chi connectivity index (χ0v) is 17.3. The normalized spacial score (nSPS) is 20.4. The van der Waals surface area contributed by atoms with E-state index in [1.54, 1.807) is 6.92 Å². The molecule has 158 valence electrons. The summed E-state index contributed by atoms with van der Waals surface area (Å²) in [7, 11) is -8.09. The number of rotatable bonds is 5. The Kier molecular flexibility index (Phi) is 5.94. The molecule has 2 aliphatic rings. The van der Waals surface area contributed by atoms with E-state index in [4.69, 9.17) is 4.74 Å². The van der Waals surface area contributed by atoms with Gasteiger partial charge in [-0.05, 0) is 38.0 Å². The van der Waals surface area contributed by atoms with Gasteiger partial charge in [-0.25, -0.2) is 8.42 Å². The predicted octanol–water partition coefficient (Wildman–Crippen LogP) is 0.405. The number of esters is 1. The Morgan fingerprint density at radius 1 is 1.34 bits per heavy atom. The Bertz CT molecular complexity index is 1060. The monoisotopic (exact) mass is 443 g/mol. The fourth-order valence-corrected chi connectivity index (χ4v) is 5.55. The molecule has 2 aliphatic heterocycles. The molecule has 29 heavy (non-hydrogen) atoms. The molecule has 1 N–H and O–H groups in total. The number of amides is 1. The highest BCUT2D eigenvalue weighted by Gasteiger charge is 2.32. The van der Waals surface area contributed by atoms with E-state index in [-0.39, 0.29) is 28.6 Å². The maximum absolute atomic E-state index is 12.7. The summed E-state index contributed by atoms with van der Waals surface area (Å²) in [6.07, 6.45) is 2.15. The van der Waals surface area contributed by atoms with E-state index >= 15 is 0 Å². The van der Waals surface area contributed by atoms with Crippen LogP contribution in [0.2, 0.25) is 0 Å². The van der Waals surface area contributed by atoms with Gasteiger partial charge >= 0.3 is 5.97 Å². The summed E-state index contributed by atoms with van der Waals surface area (Å²) in [5.41, 5.74) is 0.207. The fraction of sp³-hybridized carbons (Fsp3) is 0.471. The highest BCUT2D eigenvalue weighted by Crippen LogP contribution is 2.29. The van der Waals surface area contributed by atoms with Gasteiger partial charge in [0.05, 0.1) is 23.1 Å². The van der Waals surface area contributed by atoms with Gasteiger partial charge in [0.1, 0.15) is 17.0 Å². The summed E-state index contributed by atoms with van der Waals surface area (Å²) in [4.78, 5) is 25.3. The molecule has 0 aliphatic carbocycles. The van der Waals surface area contributed by atoms with Crippen molar-refractivity contribution in [3.63, 3.8) is 0 Å². The lowest BCUT2D eigenvalue weighted by Crippen LogP contribution is -2.45. The van der Waals surface area contributed by atoms with Crippen molar-refractivity contribution in [2.45, 2.75) is 29.6 Å². The second-order valence-electron chi connectivity index (χ2n) is 6.70. The van der Waals surface area contributed by atoms with Gasteiger partial charge in [-0.1, -0.05) is 0 Å². The number of ether oxygens (including phenoxy) is 1. The Labute approximate surface area is 168 Å². The summed E-state index contributed by atoms with van der Waals surface area (Å²) >= 11 is 0. The lowest BCUT2D eigenvalue weighted by molar-refractivity contribution is -0.151. The van der Waals surface area contributed by atoms with Crippen LogP contribution in [-0.2, 0) is 34.2 Å². The molecule has 2 heterocycles. The first kappa shape index (κ1) is 21.2. The van der Waals surface area contributed by atoms with Crippen molar-refractivity contribution >= 4 is 43.8 Å². The highest BCUT2D eigenvalue weighted by atomic mass is 32.2. The molecule has 12 heteroatoms. The van der Waals surface area contributed by atoms with E-state index < -0.39 is 43.4 Å². The molecular formula is C17H21N3O7S2. The van der Waals surface area contributed by atoms with Crippen molar-refractivity contribution in [1.82, 2.24) is 4.90 Å². The maximum atomic E-state index is 12.7. The lowest BCUT2D eigenvalue weighted by Gasteiger charge is -2.31. The van der Waals surface area contributed by atoms with E-state index in [0.717, 1.165) is 12.4 Å². The van der Waals surface area contributed by atoms with Crippen LogP contribution in [-0.4, -0.2) is 65.4 Å². The number of hydrogen-bond donors (Lipinski definition) is 1. The molecule has 1 fully saturated rings. The number of hydrogen-bond acceptors (Lipinski definition) is 8. The van der Waals surface area contributed by atoms with Crippen molar-refractivity contribution in [3.05, 3.63) is 18.2 Å². The van der Waals surface area contributed by atoms with Gasteiger partial charge in [0, 0.05) is 13.1 Å². The summed E-state index contributed by atoms with van der Waals surface area (Å²) < 4.78 is 57.8. The lowest BCUT2D eigenvalue weighted by atomic mass is 9.98. The maximum Gasteiger partial charge on any atom is 0.310 e. The van der Waals surface area contributed by atoms with Crippen molar-refractivity contribution in [1.29, 1.82) is 0 Å². The number of nitrogens with one attached hydrogen (secondary N) is 1. The Hall–Kier alpha value is -2.47. The number of fused-ring (bicyclic) bond motifs is 1. The van der Waals surface area contributed by atoms with Gasteiger partial charge in [0.25, 0.3) is 10.0 Å². The number of nitrogens with zero attached hydrogens (tertiary/aromatic N) is 2. The first-order valence-electron chi connectivity index (χ1n) is 9.00. The molecule has 1 aromatic carbocycles. The zero-order chi connectivity index (χ0) is 21.2. The van der Waals surface area contributed by atoms with E-state index in [1.165, 1.54) is 17.0 Å². The molecule has 0 saturated carbocycles. The van der Waals surface area contributed by atoms with Crippen LogP contribution < -0.4 is 5.32 Å². The molecule has 1 saturated heterocycles. The molecule has 1 atom stereocenters. The number of anilines is 1. The van der Waals surface area contributed by atoms with E-state index in [1.807, 2.05) is 0 Å². The molecule has 10 nitrogen and oxygen atoms in total. The first-order chi connectivity index (χ1) is 13.6. The van der Waals surface area contributed by atoms with Crippen LogP contribution in [0.15, 0.2) is 32.4 Å². The first-order valence-corrected chi connectivity index (χ1v) is 12.1.